The van der Waals surface area contributed by atoms with Gasteiger partial charge in [-0.25, -0.2) is 0 Å². The molecule has 0 heterocycles. The number of hydrogen-bond donors (Lipinski definition) is 0. The van der Waals surface area contributed by atoms with Gasteiger partial charge in [-0.1, -0.05) is 309 Å². The van der Waals surface area contributed by atoms with E-state index >= 15 is 0 Å². The summed E-state index contributed by atoms with van der Waals surface area (Å²) < 4.78 is 16.9. The summed E-state index contributed by atoms with van der Waals surface area (Å²) in [4.78, 5) is 38.5. The smallest absolute Gasteiger partial charge is 0.306 e. The van der Waals surface area contributed by atoms with E-state index in [2.05, 4.69) is 154 Å². The minimum atomic E-state index is -0.804. The van der Waals surface area contributed by atoms with Gasteiger partial charge in [-0.15, -0.1) is 0 Å². The van der Waals surface area contributed by atoms with Crippen LogP contribution >= 0.6 is 0 Å². The summed E-state index contributed by atoms with van der Waals surface area (Å²) in [6.45, 7) is 6.40. The summed E-state index contributed by atoms with van der Waals surface area (Å²) in [5.41, 5.74) is 0. The van der Waals surface area contributed by atoms with Gasteiger partial charge in [0, 0.05) is 19.3 Å². The van der Waals surface area contributed by atoms with Crippen molar-refractivity contribution >= 4 is 17.9 Å². The predicted molar refractivity (Wildman–Crippen MR) is 357 cm³/mol. The van der Waals surface area contributed by atoms with Gasteiger partial charge in [-0.2, -0.15) is 0 Å². The molecule has 0 spiro atoms. The van der Waals surface area contributed by atoms with Gasteiger partial charge in [-0.3, -0.25) is 14.4 Å². The van der Waals surface area contributed by atoms with Crippen molar-refractivity contribution in [3.05, 3.63) is 134 Å². The molecular weight excluding hydrogens is 1010 g/mol. The van der Waals surface area contributed by atoms with Gasteiger partial charge in [0.2, 0.25) is 0 Å². The van der Waals surface area contributed by atoms with Crippen molar-refractivity contribution in [3.8, 4) is 0 Å². The SMILES string of the molecule is CC/C=C\C/C=C\C/C=C\C/C=C\C/C=C\C/C=C\CCCCCCCCC(=O)OCC(COC(=O)CCCCC/C=C\C/C=C\C/C=C\C/C=C\C/C=C\CC)OC(=O)CCCCCCCCCCCCCCCCCCCCCC. The van der Waals surface area contributed by atoms with Crippen molar-refractivity contribution in [3.63, 3.8) is 0 Å². The van der Waals surface area contributed by atoms with E-state index < -0.39 is 6.10 Å². The number of allylic oxidation sites excluding steroid dienone is 22. The van der Waals surface area contributed by atoms with Crippen LogP contribution in [0.15, 0.2) is 134 Å². The normalized spacial score (nSPS) is 13.0. The Morgan fingerprint density at radius 3 is 0.756 bits per heavy atom. The van der Waals surface area contributed by atoms with E-state index in [0.717, 1.165) is 148 Å². The Bertz CT molecular complexity index is 1730. The molecule has 0 aromatic heterocycles. The molecule has 466 valence electrons. The summed E-state index contributed by atoms with van der Waals surface area (Å²) in [7, 11) is 0. The van der Waals surface area contributed by atoms with Gasteiger partial charge >= 0.3 is 17.9 Å². The molecule has 0 amide bonds. The van der Waals surface area contributed by atoms with Crippen LogP contribution in [0, 0.1) is 0 Å². The third-order valence-corrected chi connectivity index (χ3v) is 14.4. The summed E-state index contributed by atoms with van der Waals surface area (Å²) in [6.07, 6.45) is 97.5. The average molecular weight is 1140 g/mol. The number of hydrogen-bond acceptors (Lipinski definition) is 6. The molecule has 0 radical (unpaired) electrons. The first-order valence-electron chi connectivity index (χ1n) is 34.2. The Morgan fingerprint density at radius 1 is 0.256 bits per heavy atom. The highest BCUT2D eigenvalue weighted by atomic mass is 16.6. The van der Waals surface area contributed by atoms with Crippen molar-refractivity contribution in [2.75, 3.05) is 13.2 Å². The molecule has 0 rings (SSSR count). The standard InChI is InChI=1S/C76H126O6/c1-4-7-10-13-16-19-22-25-28-31-34-36-37-38-39-40-43-45-48-51-54-57-60-63-66-69-75(78)81-72-73(71-80-74(77)68-65-62-59-56-53-50-47-44-41-33-30-27-24-21-18-15-12-9-6-3)82-76(79)70-67-64-61-58-55-52-49-46-42-35-32-29-26-23-20-17-14-11-8-5-2/h7,9-10,12,16,18-19,21,25,27-28,30,34,36,38-39,41,43-45,50,53,73H,4-6,8,11,13-15,17,20,22-24,26,29,31-33,35,37,40,42,46-49,51-52,54-72H2,1-3H3/b10-7-,12-9-,19-16-,21-18-,28-25-,30-27-,36-34-,39-38-,44-41-,45-43-,53-50-. The molecule has 0 saturated carbocycles. The Kier molecular flexibility index (Phi) is 65.3. The summed E-state index contributed by atoms with van der Waals surface area (Å²) in [5.74, 6) is -0.935. The highest BCUT2D eigenvalue weighted by Gasteiger charge is 2.19. The van der Waals surface area contributed by atoms with E-state index in [1.807, 2.05) is 0 Å². The highest BCUT2D eigenvalue weighted by molar-refractivity contribution is 5.71. The van der Waals surface area contributed by atoms with E-state index in [0.29, 0.717) is 19.3 Å². The van der Waals surface area contributed by atoms with E-state index in [1.54, 1.807) is 0 Å². The number of ether oxygens (including phenoxy) is 3. The van der Waals surface area contributed by atoms with Gasteiger partial charge in [0.25, 0.3) is 0 Å². The molecule has 6 heteroatoms. The van der Waals surface area contributed by atoms with Crippen LogP contribution < -0.4 is 0 Å². The quantitative estimate of drug-likeness (QED) is 0.0261. The molecule has 1 unspecified atom stereocenters. The zero-order valence-electron chi connectivity index (χ0n) is 53.5. The van der Waals surface area contributed by atoms with Crippen LogP contribution in [-0.4, -0.2) is 37.2 Å². The first-order chi connectivity index (χ1) is 40.5. The summed E-state index contributed by atoms with van der Waals surface area (Å²) in [6, 6.07) is 0. The van der Waals surface area contributed by atoms with Gasteiger partial charge in [0.05, 0.1) is 0 Å². The minimum absolute atomic E-state index is 0.0983. The lowest BCUT2D eigenvalue weighted by atomic mass is 10.0. The molecule has 0 aromatic rings. The molecule has 6 nitrogen and oxygen atoms in total. The van der Waals surface area contributed by atoms with E-state index in [-0.39, 0.29) is 31.1 Å². The summed E-state index contributed by atoms with van der Waals surface area (Å²) in [5, 5.41) is 0. The molecule has 82 heavy (non-hydrogen) atoms. The highest BCUT2D eigenvalue weighted by Crippen LogP contribution is 2.17. The van der Waals surface area contributed by atoms with Crippen molar-refractivity contribution in [1.29, 1.82) is 0 Å². The van der Waals surface area contributed by atoms with E-state index in [4.69, 9.17) is 14.2 Å². The molecule has 0 aliphatic rings. The second kappa shape index (κ2) is 69.0. The molecule has 0 saturated heterocycles. The number of rotatable bonds is 61. The number of carbonyl (C=O) groups is 3. The summed E-state index contributed by atoms with van der Waals surface area (Å²) >= 11 is 0. The maximum Gasteiger partial charge on any atom is 0.306 e. The first-order valence-corrected chi connectivity index (χ1v) is 34.2. The molecule has 1 atom stereocenters. The van der Waals surface area contributed by atoms with Crippen molar-refractivity contribution in [1.82, 2.24) is 0 Å². The van der Waals surface area contributed by atoms with Crippen LogP contribution in [0.1, 0.15) is 310 Å². The second-order valence-electron chi connectivity index (χ2n) is 22.3. The molecule has 0 bridgehead atoms. The number of esters is 3. The second-order valence-corrected chi connectivity index (χ2v) is 22.3. The van der Waals surface area contributed by atoms with Crippen molar-refractivity contribution in [2.24, 2.45) is 0 Å². The maximum absolute atomic E-state index is 13.0. The van der Waals surface area contributed by atoms with Crippen LogP contribution in [0.25, 0.3) is 0 Å². The lowest BCUT2D eigenvalue weighted by molar-refractivity contribution is -0.167. The topological polar surface area (TPSA) is 78.9 Å². The Morgan fingerprint density at radius 2 is 0.476 bits per heavy atom. The predicted octanol–water partition coefficient (Wildman–Crippen LogP) is 23.7. The largest absolute Gasteiger partial charge is 0.462 e. The van der Waals surface area contributed by atoms with Gasteiger partial charge < -0.3 is 14.2 Å². The van der Waals surface area contributed by atoms with Gasteiger partial charge in [-0.05, 0) is 116 Å². The van der Waals surface area contributed by atoms with E-state index in [9.17, 15) is 14.4 Å². The Hall–Kier alpha value is -4.45. The molecule has 0 fully saturated rings. The Labute approximate surface area is 506 Å². The number of carbonyl (C=O) groups excluding carboxylic acids is 3. The van der Waals surface area contributed by atoms with Gasteiger partial charge in [0.1, 0.15) is 13.2 Å². The van der Waals surface area contributed by atoms with Crippen LogP contribution in [-0.2, 0) is 28.6 Å². The fraction of sp³-hybridized carbons (Fsp3) is 0.671. The third-order valence-electron chi connectivity index (χ3n) is 14.4. The van der Waals surface area contributed by atoms with Gasteiger partial charge in [0.15, 0.2) is 6.10 Å². The van der Waals surface area contributed by atoms with Crippen molar-refractivity contribution in [2.45, 2.75) is 316 Å². The molecular formula is C76H126O6. The van der Waals surface area contributed by atoms with E-state index in [1.165, 1.54) is 122 Å². The van der Waals surface area contributed by atoms with Crippen LogP contribution in [0.3, 0.4) is 0 Å². The fourth-order valence-electron chi connectivity index (χ4n) is 9.36. The zero-order valence-corrected chi connectivity index (χ0v) is 53.5. The Balaban J connectivity index is 4.46. The maximum atomic E-state index is 13.0. The average Bonchev–Trinajstić information content (AvgIpc) is 3.47. The minimum Gasteiger partial charge on any atom is -0.462 e. The first kappa shape index (κ1) is 77.5. The lowest BCUT2D eigenvalue weighted by Gasteiger charge is -2.18. The zero-order chi connectivity index (χ0) is 59.2. The molecule has 0 N–H and O–H groups in total. The molecule has 0 aromatic carbocycles. The monoisotopic (exact) mass is 1130 g/mol. The van der Waals surface area contributed by atoms with Crippen LogP contribution in [0.4, 0.5) is 0 Å². The molecule has 0 aliphatic carbocycles. The lowest BCUT2D eigenvalue weighted by Crippen LogP contribution is -2.30. The van der Waals surface area contributed by atoms with Crippen LogP contribution in [0.2, 0.25) is 0 Å². The van der Waals surface area contributed by atoms with Crippen molar-refractivity contribution < 1.29 is 28.6 Å². The molecule has 0 aliphatic heterocycles. The fourth-order valence-corrected chi connectivity index (χ4v) is 9.36. The third kappa shape index (κ3) is 66.4. The van der Waals surface area contributed by atoms with Crippen LogP contribution in [0.5, 0.6) is 0 Å². The number of unbranched alkanes of at least 4 members (excludes halogenated alkanes) is 28.